The second-order valence-electron chi connectivity index (χ2n) is 14.0. The van der Waals surface area contributed by atoms with E-state index in [1.807, 2.05) is 31.2 Å². The molecule has 2 N–H and O–H groups in total. The van der Waals surface area contributed by atoms with Crippen LogP contribution in [0.1, 0.15) is 55.1 Å². The molecule has 0 spiro atoms. The van der Waals surface area contributed by atoms with Crippen LogP contribution in [0, 0.1) is 12.7 Å². The van der Waals surface area contributed by atoms with Crippen LogP contribution in [0.15, 0.2) is 77.7 Å². The van der Waals surface area contributed by atoms with Crippen molar-refractivity contribution in [3.8, 4) is 11.1 Å². The molecule has 2 saturated heterocycles. The number of aryl methyl sites for hydroxylation is 1. The number of nitrogens with zero attached hydrogens (tertiary/aromatic N) is 3. The first-order valence-electron chi connectivity index (χ1n) is 16.8. The summed E-state index contributed by atoms with van der Waals surface area (Å²) < 4.78 is 22.0. The molecule has 9 heteroatoms. The summed E-state index contributed by atoms with van der Waals surface area (Å²) in [6.45, 7) is 13.9. The number of hydrogen-bond donors (Lipinski definition) is 2. The lowest BCUT2D eigenvalue weighted by atomic mass is 9.86. The maximum absolute atomic E-state index is 15.0. The van der Waals surface area contributed by atoms with Crippen LogP contribution in [-0.4, -0.2) is 60.8 Å². The molecule has 0 bridgehead atoms. The van der Waals surface area contributed by atoms with Gasteiger partial charge in [0.05, 0.1) is 13.2 Å². The zero-order valence-corrected chi connectivity index (χ0v) is 28.6. The Hall–Kier alpha value is -4.47. The Morgan fingerprint density at radius 2 is 1.56 bits per heavy atom. The normalized spacial score (nSPS) is 16.2. The van der Waals surface area contributed by atoms with E-state index >= 15 is 4.39 Å². The zero-order chi connectivity index (χ0) is 34.0. The summed E-state index contributed by atoms with van der Waals surface area (Å²) in [4.78, 5) is 31.3. The molecule has 2 aliphatic rings. The van der Waals surface area contributed by atoms with E-state index in [1.165, 1.54) is 16.7 Å². The number of ether oxygens (including phenoxy) is 1. The highest BCUT2D eigenvalue weighted by Gasteiger charge is 2.26. The summed E-state index contributed by atoms with van der Waals surface area (Å²) >= 11 is 0. The van der Waals surface area contributed by atoms with Gasteiger partial charge in [-0.25, -0.2) is 4.39 Å². The lowest BCUT2D eigenvalue weighted by Crippen LogP contribution is -2.49. The third kappa shape index (κ3) is 7.48. The van der Waals surface area contributed by atoms with Crippen LogP contribution in [0.2, 0.25) is 0 Å². The van der Waals surface area contributed by atoms with Crippen LogP contribution in [0.4, 0.5) is 27.1 Å². The minimum Gasteiger partial charge on any atom is -0.379 e. The van der Waals surface area contributed by atoms with Gasteiger partial charge >= 0.3 is 0 Å². The third-order valence-corrected chi connectivity index (χ3v) is 9.67. The lowest BCUT2D eigenvalue weighted by molar-refractivity contribution is 0.0115. The summed E-state index contributed by atoms with van der Waals surface area (Å²) in [6.07, 6.45) is 3.96. The van der Waals surface area contributed by atoms with Crippen molar-refractivity contribution in [1.29, 1.82) is 0 Å². The van der Waals surface area contributed by atoms with Gasteiger partial charge in [0, 0.05) is 73.7 Å². The summed E-state index contributed by atoms with van der Waals surface area (Å²) in [5.74, 6) is -0.801. The fraction of sp³-hybridized carbons (Fsp3) is 0.385. The Labute approximate surface area is 282 Å². The minimum absolute atomic E-state index is 0.0308. The number of pyridine rings is 1. The quantitative estimate of drug-likeness (QED) is 0.222. The zero-order valence-electron chi connectivity index (χ0n) is 28.6. The number of morpholine rings is 1. The predicted octanol–water partition coefficient (Wildman–Crippen LogP) is 7.09. The fourth-order valence-electron chi connectivity index (χ4n) is 6.72. The molecule has 0 aliphatic carbocycles. The molecule has 6 rings (SSSR count). The van der Waals surface area contributed by atoms with Gasteiger partial charge in [-0.1, -0.05) is 32.9 Å². The number of carbonyl (C=O) groups is 1. The van der Waals surface area contributed by atoms with Gasteiger partial charge in [0.15, 0.2) is 0 Å². The fourth-order valence-corrected chi connectivity index (χ4v) is 6.72. The van der Waals surface area contributed by atoms with Crippen LogP contribution in [0.3, 0.4) is 0 Å². The van der Waals surface area contributed by atoms with Gasteiger partial charge in [-0.3, -0.25) is 14.5 Å². The van der Waals surface area contributed by atoms with E-state index in [0.29, 0.717) is 39.7 Å². The Balaban J connectivity index is 1.17. The highest BCUT2D eigenvalue weighted by molar-refractivity contribution is 6.05. The van der Waals surface area contributed by atoms with Crippen molar-refractivity contribution in [1.82, 2.24) is 9.47 Å². The number of carbonyl (C=O) groups excluding carboxylic acids is 1. The first-order chi connectivity index (χ1) is 23.0. The van der Waals surface area contributed by atoms with Crippen molar-refractivity contribution in [2.75, 3.05) is 54.9 Å². The van der Waals surface area contributed by atoms with Crippen LogP contribution < -0.4 is 21.1 Å². The number of aromatic nitrogens is 1. The van der Waals surface area contributed by atoms with Gasteiger partial charge in [-0.15, -0.1) is 0 Å². The number of nitrogens with one attached hydrogen (secondary N) is 2. The molecular weight excluding hydrogens is 605 g/mol. The molecule has 0 saturated carbocycles. The molecular formula is C39H46FN5O3. The van der Waals surface area contributed by atoms with Crippen LogP contribution in [-0.2, 0) is 17.2 Å². The molecule has 0 unspecified atom stereocenters. The van der Waals surface area contributed by atoms with Crippen molar-refractivity contribution in [3.63, 3.8) is 0 Å². The summed E-state index contributed by atoms with van der Waals surface area (Å²) in [6, 6.07) is 20.8. The Bertz CT molecular complexity index is 1820. The summed E-state index contributed by atoms with van der Waals surface area (Å²) in [5, 5.41) is 6.18. The van der Waals surface area contributed by atoms with Gasteiger partial charge in [0.1, 0.15) is 11.5 Å². The number of anilines is 4. The third-order valence-electron chi connectivity index (χ3n) is 9.67. The number of rotatable bonds is 7. The molecule has 3 heterocycles. The maximum Gasteiger partial charge on any atom is 0.274 e. The molecule has 0 radical (unpaired) electrons. The topological polar surface area (TPSA) is 78.8 Å². The van der Waals surface area contributed by atoms with E-state index in [2.05, 4.69) is 53.3 Å². The number of benzene rings is 3. The van der Waals surface area contributed by atoms with Crippen LogP contribution >= 0.6 is 0 Å². The van der Waals surface area contributed by atoms with Crippen molar-refractivity contribution < 1.29 is 13.9 Å². The van der Waals surface area contributed by atoms with Gasteiger partial charge in [-0.05, 0) is 96.5 Å². The average molecular weight is 652 g/mol. The van der Waals surface area contributed by atoms with E-state index in [-0.39, 0.29) is 16.9 Å². The summed E-state index contributed by atoms with van der Waals surface area (Å²) in [5.41, 5.74) is 6.03. The number of hydrogen-bond acceptors (Lipinski definition) is 6. The number of halogens is 1. The molecule has 48 heavy (non-hydrogen) atoms. The lowest BCUT2D eigenvalue weighted by Gasteiger charge is -2.40. The first-order valence-corrected chi connectivity index (χ1v) is 16.8. The van der Waals surface area contributed by atoms with E-state index in [4.69, 9.17) is 4.74 Å². The van der Waals surface area contributed by atoms with E-state index in [1.54, 1.807) is 31.4 Å². The molecule has 1 amide bonds. The Morgan fingerprint density at radius 1 is 0.896 bits per heavy atom. The molecule has 2 fully saturated rings. The molecule has 8 nitrogen and oxygen atoms in total. The smallest absolute Gasteiger partial charge is 0.274 e. The standard InChI is InChI=1S/C39H46FN5O3/c1-26-34(23-30(40)24-35(26)42-37(46)27-6-8-29(9-7-27)39(2,3)4)28-22-36(38(47)43(5)25-28)41-31-10-12-32(13-11-31)44-16-14-33(15-17-44)45-18-20-48-21-19-45/h6-13,22-25,33,41H,14-21H2,1-5H3,(H,42,46). The molecule has 252 valence electrons. The SMILES string of the molecule is Cc1c(NC(=O)c2ccc(C(C)(C)C)cc2)cc(F)cc1-c1cc(Nc2ccc(N3CCC(N4CCOCC4)CC3)cc2)c(=O)n(C)c1. The molecule has 1 aromatic heterocycles. The van der Waals surface area contributed by atoms with Gasteiger partial charge in [-0.2, -0.15) is 0 Å². The van der Waals surface area contributed by atoms with Gasteiger partial charge in [0.2, 0.25) is 0 Å². The van der Waals surface area contributed by atoms with E-state index < -0.39 is 5.82 Å². The Morgan fingerprint density at radius 3 is 2.21 bits per heavy atom. The monoisotopic (exact) mass is 651 g/mol. The maximum atomic E-state index is 15.0. The highest BCUT2D eigenvalue weighted by Crippen LogP contribution is 2.32. The van der Waals surface area contributed by atoms with Crippen molar-refractivity contribution in [3.05, 3.63) is 106 Å². The van der Waals surface area contributed by atoms with E-state index in [0.717, 1.165) is 69.2 Å². The second kappa shape index (κ2) is 13.9. The second-order valence-corrected chi connectivity index (χ2v) is 14.0. The largest absolute Gasteiger partial charge is 0.379 e. The average Bonchev–Trinajstić information content (AvgIpc) is 3.08. The van der Waals surface area contributed by atoms with E-state index in [9.17, 15) is 9.59 Å². The van der Waals surface area contributed by atoms with Crippen molar-refractivity contribution in [2.45, 2.75) is 52.0 Å². The molecule has 0 atom stereocenters. The molecule has 4 aromatic rings. The first kappa shape index (κ1) is 33.4. The van der Waals surface area contributed by atoms with Crippen LogP contribution in [0.5, 0.6) is 0 Å². The predicted molar refractivity (Wildman–Crippen MR) is 192 cm³/mol. The molecule has 3 aromatic carbocycles. The van der Waals surface area contributed by atoms with Crippen molar-refractivity contribution >= 4 is 28.7 Å². The highest BCUT2D eigenvalue weighted by atomic mass is 19.1. The number of piperidine rings is 1. The van der Waals surface area contributed by atoms with Crippen molar-refractivity contribution in [2.24, 2.45) is 7.05 Å². The van der Waals surface area contributed by atoms with Gasteiger partial charge in [0.25, 0.3) is 11.5 Å². The minimum atomic E-state index is -0.484. The number of amides is 1. The van der Waals surface area contributed by atoms with Crippen LogP contribution in [0.25, 0.3) is 11.1 Å². The Kier molecular flexibility index (Phi) is 9.71. The van der Waals surface area contributed by atoms with Gasteiger partial charge < -0.3 is 24.8 Å². The molecule has 2 aliphatic heterocycles. The summed E-state index contributed by atoms with van der Waals surface area (Å²) in [7, 11) is 1.68.